The van der Waals surface area contributed by atoms with Crippen LogP contribution in [0, 0.1) is 0 Å². The second kappa shape index (κ2) is 20.9. The molecule has 0 aliphatic rings. The number of alkyl halides is 12. The first kappa shape index (κ1) is 55.5. The van der Waals surface area contributed by atoms with Gasteiger partial charge in [-0.2, -0.15) is 52.7 Å². The second-order valence-corrected chi connectivity index (χ2v) is 23.3. The summed E-state index contributed by atoms with van der Waals surface area (Å²) < 4.78 is 164. The Kier molecular flexibility index (Phi) is 17.0. The van der Waals surface area contributed by atoms with E-state index in [1.54, 1.807) is 0 Å². The van der Waals surface area contributed by atoms with Crippen molar-refractivity contribution in [3.8, 4) is 11.5 Å². The van der Waals surface area contributed by atoms with Crippen LogP contribution in [0.1, 0.15) is 29.7 Å². The van der Waals surface area contributed by atoms with E-state index in [1.165, 1.54) is 0 Å². The zero-order valence-corrected chi connectivity index (χ0v) is 37.7. The van der Waals surface area contributed by atoms with E-state index in [2.05, 4.69) is 0 Å². The molecule has 19 heteroatoms. The van der Waals surface area contributed by atoms with Gasteiger partial charge in [-0.05, 0) is 70.8 Å². The van der Waals surface area contributed by atoms with E-state index in [4.69, 9.17) is 55.9 Å². The van der Waals surface area contributed by atoms with Crippen molar-refractivity contribution in [3.63, 3.8) is 0 Å². The summed E-state index contributed by atoms with van der Waals surface area (Å²) in [5, 5.41) is 17.8. The molecule has 0 aromatic heterocycles. The maximum atomic E-state index is 13.7. The molecule has 0 saturated heterocycles. The number of benzene rings is 7. The van der Waals surface area contributed by atoms with Crippen molar-refractivity contribution in [3.05, 3.63) is 220 Å². The molecule has 0 atom stereocenters. The maximum Gasteiger partial charge on any atom is 0.411 e. The average molecular weight is 1060 g/mol. The number of halogens is 16. The average Bonchev–Trinajstić information content (AvgIpc) is 3.26. The molecule has 0 bridgehead atoms. The van der Waals surface area contributed by atoms with E-state index in [9.17, 15) is 52.7 Å². The molecule has 0 radical (unpaired) electrons. The van der Waals surface area contributed by atoms with E-state index in [0.29, 0.717) is 24.3 Å². The van der Waals surface area contributed by atoms with Gasteiger partial charge >= 0.3 is 159 Å². The molecule has 2 nitrogen and oxygen atoms in total. The largest absolute Gasteiger partial charge is 0.508 e. The van der Waals surface area contributed by atoms with Crippen LogP contribution in [0.5, 0.6) is 11.5 Å². The Balaban J connectivity index is 0.000000221. The van der Waals surface area contributed by atoms with E-state index in [-0.39, 0.29) is 17.5 Å². The minimum absolute atomic E-state index is 0. The second-order valence-electron chi connectivity index (χ2n) is 14.5. The predicted molar refractivity (Wildman–Crippen MR) is 248 cm³/mol. The van der Waals surface area contributed by atoms with Crippen LogP contribution in [-0.2, 0) is 10.8 Å². The van der Waals surface area contributed by atoms with Gasteiger partial charge in [0.15, 0.2) is 0 Å². The Morgan fingerprint density at radius 3 is 0.691 bits per heavy atom. The van der Waals surface area contributed by atoms with Crippen LogP contribution < -0.4 is 15.9 Å². The van der Waals surface area contributed by atoms with Crippen LogP contribution in [0.25, 0.3) is 0 Å². The van der Waals surface area contributed by atoms with Crippen molar-refractivity contribution >= 4 is 66.9 Å². The number of phenolic OH excluding ortho intramolecular Hbond substituents is 2. The fourth-order valence-corrected chi connectivity index (χ4v) is 12.6. The van der Waals surface area contributed by atoms with Gasteiger partial charge < -0.3 is 10.2 Å². The molecule has 0 unspecified atom stereocenters. The number of rotatable bonds is 7. The van der Waals surface area contributed by atoms with Crippen molar-refractivity contribution in [2.75, 3.05) is 0 Å². The summed E-state index contributed by atoms with van der Waals surface area (Å²) in [5.41, 5.74) is -12.5. The summed E-state index contributed by atoms with van der Waals surface area (Å²) in [5.74, 6) is -0.921. The number of hydrogen-bond donors (Lipinski definition) is 2. The molecule has 0 amide bonds. The quantitative estimate of drug-likeness (QED) is 0.123. The van der Waals surface area contributed by atoms with Gasteiger partial charge in [-0.15, -0.1) is 0 Å². The van der Waals surface area contributed by atoms with Crippen LogP contribution in [0.4, 0.5) is 52.7 Å². The normalized spacial score (nSPS) is 13.0. The van der Waals surface area contributed by atoms with E-state index in [1.807, 2.05) is 91.0 Å². The summed E-state index contributed by atoms with van der Waals surface area (Å²) in [6, 6.07) is 42.0. The topological polar surface area (TPSA) is 40.5 Å². The van der Waals surface area contributed by atoms with Crippen LogP contribution >= 0.6 is 51.0 Å². The fraction of sp³-hybridized carbons (Fsp3) is 0.143. The van der Waals surface area contributed by atoms with E-state index < -0.39 is 74.6 Å². The third-order valence-electron chi connectivity index (χ3n) is 10.5. The SMILES string of the molecule is C.ClP(Cl)(c1ccccc1)(c1ccccc1)c1ccccc1.FC(F)(F)C(c1ccc(Cl)cc1)(c1ccc(Cl)cc1)C(F)(F)F.Oc1ccc(C(c2ccc(O)cc2)(C(F)(F)F)C(F)(F)F)cc1. The summed E-state index contributed by atoms with van der Waals surface area (Å²) in [6.45, 7) is 0. The van der Waals surface area contributed by atoms with Crippen LogP contribution in [0.2, 0.25) is 10.0 Å². The zero-order valence-electron chi connectivity index (χ0n) is 33.8. The number of hydrogen-bond acceptors (Lipinski definition) is 2. The Morgan fingerprint density at radius 2 is 0.500 bits per heavy atom. The first-order valence-corrected chi connectivity index (χ1v) is 23.9. The van der Waals surface area contributed by atoms with Crippen LogP contribution in [0.3, 0.4) is 0 Å². The molecule has 0 heterocycles. The summed E-state index contributed by atoms with van der Waals surface area (Å²) in [7, 11) is 0. The summed E-state index contributed by atoms with van der Waals surface area (Å²) in [4.78, 5) is 0. The van der Waals surface area contributed by atoms with Crippen LogP contribution in [0.15, 0.2) is 188 Å². The fourth-order valence-electron chi connectivity index (χ4n) is 7.30. The number of aromatic hydroxyl groups is 2. The molecule has 68 heavy (non-hydrogen) atoms. The molecule has 7 aromatic carbocycles. The Morgan fingerprint density at radius 1 is 0.309 bits per heavy atom. The van der Waals surface area contributed by atoms with Gasteiger partial charge in [-0.3, -0.25) is 0 Å². The van der Waals surface area contributed by atoms with Crippen molar-refractivity contribution in [1.82, 2.24) is 0 Å². The summed E-state index contributed by atoms with van der Waals surface area (Å²) >= 11 is 25.7. The van der Waals surface area contributed by atoms with E-state index in [0.717, 1.165) is 88.7 Å². The Labute approximate surface area is 402 Å². The smallest absolute Gasteiger partial charge is 0.411 e. The molecule has 0 saturated carbocycles. The summed E-state index contributed by atoms with van der Waals surface area (Å²) in [6.07, 6.45) is -22.6. The van der Waals surface area contributed by atoms with Crippen molar-refractivity contribution in [2.45, 2.75) is 43.0 Å². The van der Waals surface area contributed by atoms with E-state index >= 15 is 0 Å². The molecule has 0 fully saturated rings. The zero-order chi connectivity index (χ0) is 49.7. The molecule has 0 aliphatic heterocycles. The van der Waals surface area contributed by atoms with Crippen molar-refractivity contribution in [2.24, 2.45) is 0 Å². The van der Waals surface area contributed by atoms with Gasteiger partial charge in [-0.1, -0.05) is 79.2 Å². The van der Waals surface area contributed by atoms with Gasteiger partial charge in [0.05, 0.1) is 0 Å². The van der Waals surface area contributed by atoms with Gasteiger partial charge in [0.25, 0.3) is 0 Å². The van der Waals surface area contributed by atoms with Gasteiger partial charge in [0.2, 0.25) is 10.8 Å². The predicted octanol–water partition coefficient (Wildman–Crippen LogP) is 16.4. The van der Waals surface area contributed by atoms with Gasteiger partial charge in [0, 0.05) is 10.0 Å². The molecular weight excluding hydrogens is 1020 g/mol. The molecule has 362 valence electrons. The van der Waals surface area contributed by atoms with Crippen molar-refractivity contribution in [1.29, 1.82) is 0 Å². The molecule has 7 aromatic rings. The van der Waals surface area contributed by atoms with Crippen LogP contribution in [-0.4, -0.2) is 34.9 Å². The Hall–Kier alpha value is -5.11. The first-order chi connectivity index (χ1) is 31.1. The molecule has 2 N–H and O–H groups in total. The Bertz CT molecular complexity index is 2330. The minimum Gasteiger partial charge on any atom is -0.508 e. The molecule has 7 rings (SSSR count). The third kappa shape index (κ3) is 10.7. The molecular formula is C49H37Cl4F12O2P. The first-order valence-electron chi connectivity index (χ1n) is 19.1. The van der Waals surface area contributed by atoms with Crippen molar-refractivity contribution < 1.29 is 62.9 Å². The minimum atomic E-state index is -5.70. The third-order valence-corrected chi connectivity index (χ3v) is 18.1. The van der Waals surface area contributed by atoms with Gasteiger partial charge in [0.1, 0.15) is 11.5 Å². The van der Waals surface area contributed by atoms with Gasteiger partial charge in [-0.25, -0.2) is 0 Å². The molecule has 0 aliphatic carbocycles. The standard InChI is InChI=1S/C18H15Cl2P.C15H8Cl2F6.C15H10F6O2.CH4/c19-21(20,16-10-4-1-5-11-16,17-12-6-2-7-13-17)18-14-8-3-9-15-18;16-11-5-1-9(2-6-11)13(14(18,19)20,15(21,22)23)10-3-7-12(17)8-4-10;16-14(17,18)13(15(19,20)21,9-1-5-11(22)6-2-9)10-3-7-12(23)8-4-10;/h1-15H;1-8H;1-8,22-23H;1H4. The monoisotopic (exact) mass is 1060 g/mol. The number of phenols is 2. The molecule has 0 spiro atoms. The maximum absolute atomic E-state index is 13.7.